The number of nitrogen functional groups attached to an aromatic ring is 1. The van der Waals surface area contributed by atoms with Gasteiger partial charge in [0.05, 0.1) is 11.3 Å². The van der Waals surface area contributed by atoms with E-state index in [-0.39, 0.29) is 0 Å². The Kier molecular flexibility index (Phi) is 3.31. The molecule has 0 unspecified atom stereocenters. The molecule has 2 N–H and O–H groups in total. The first kappa shape index (κ1) is 10.8. The standard InChI is InChI=1S/C13H17N3/c14-10-11-9-12(15)5-6-13(11)16-7-3-1-2-4-8-16/h5-6,9H,1-4,7-8,15H2. The molecule has 1 saturated heterocycles. The van der Waals surface area contributed by atoms with Crippen LogP contribution in [0.15, 0.2) is 18.2 Å². The zero-order valence-electron chi connectivity index (χ0n) is 9.45. The first-order valence-electron chi connectivity index (χ1n) is 5.86. The molecule has 1 fully saturated rings. The number of nitrogens with two attached hydrogens (primary N) is 1. The van der Waals surface area contributed by atoms with Gasteiger partial charge in [-0.3, -0.25) is 0 Å². The predicted molar refractivity (Wildman–Crippen MR) is 66.3 cm³/mol. The van der Waals surface area contributed by atoms with Crippen LogP contribution in [0, 0.1) is 11.3 Å². The minimum Gasteiger partial charge on any atom is -0.399 e. The second kappa shape index (κ2) is 4.89. The smallest absolute Gasteiger partial charge is 0.101 e. The Bertz CT molecular complexity index is 398. The van der Waals surface area contributed by atoms with Crippen LogP contribution in [-0.4, -0.2) is 13.1 Å². The summed E-state index contributed by atoms with van der Waals surface area (Å²) in [6.45, 7) is 2.11. The van der Waals surface area contributed by atoms with Crippen molar-refractivity contribution in [2.45, 2.75) is 25.7 Å². The maximum absolute atomic E-state index is 9.11. The molecule has 1 heterocycles. The Morgan fingerprint density at radius 2 is 1.81 bits per heavy atom. The fourth-order valence-electron chi connectivity index (χ4n) is 2.23. The average molecular weight is 215 g/mol. The zero-order valence-corrected chi connectivity index (χ0v) is 9.45. The third-order valence-electron chi connectivity index (χ3n) is 3.09. The molecule has 1 aliphatic rings. The van der Waals surface area contributed by atoms with Crippen molar-refractivity contribution in [3.8, 4) is 6.07 Å². The molecule has 0 atom stereocenters. The largest absolute Gasteiger partial charge is 0.399 e. The maximum atomic E-state index is 9.11. The molecule has 2 rings (SSSR count). The van der Waals surface area contributed by atoms with Crippen LogP contribution in [0.3, 0.4) is 0 Å². The summed E-state index contributed by atoms with van der Waals surface area (Å²) in [5, 5.41) is 9.11. The van der Waals surface area contributed by atoms with Crippen LogP contribution >= 0.6 is 0 Å². The third kappa shape index (κ3) is 2.27. The van der Waals surface area contributed by atoms with E-state index in [1.165, 1.54) is 25.7 Å². The number of nitriles is 1. The quantitative estimate of drug-likeness (QED) is 0.732. The van der Waals surface area contributed by atoms with E-state index in [4.69, 9.17) is 11.0 Å². The molecule has 3 heteroatoms. The Hall–Kier alpha value is -1.69. The summed E-state index contributed by atoms with van der Waals surface area (Å²) in [5.41, 5.74) is 8.09. The van der Waals surface area contributed by atoms with E-state index < -0.39 is 0 Å². The predicted octanol–water partition coefficient (Wildman–Crippen LogP) is 2.52. The van der Waals surface area contributed by atoms with Crippen LogP contribution in [0.2, 0.25) is 0 Å². The number of anilines is 2. The summed E-state index contributed by atoms with van der Waals surface area (Å²) in [7, 11) is 0. The van der Waals surface area contributed by atoms with Gasteiger partial charge in [0.25, 0.3) is 0 Å². The first-order valence-corrected chi connectivity index (χ1v) is 5.86. The van der Waals surface area contributed by atoms with Gasteiger partial charge in [-0.2, -0.15) is 5.26 Å². The van der Waals surface area contributed by atoms with Gasteiger partial charge < -0.3 is 10.6 Å². The van der Waals surface area contributed by atoms with E-state index >= 15 is 0 Å². The van der Waals surface area contributed by atoms with Crippen molar-refractivity contribution in [2.24, 2.45) is 0 Å². The highest BCUT2D eigenvalue weighted by Crippen LogP contribution is 2.25. The van der Waals surface area contributed by atoms with E-state index in [1.54, 1.807) is 6.07 Å². The Morgan fingerprint density at radius 3 is 2.44 bits per heavy atom. The minimum absolute atomic E-state index is 0.662. The lowest BCUT2D eigenvalue weighted by Crippen LogP contribution is -2.24. The molecule has 1 aliphatic heterocycles. The fraction of sp³-hybridized carbons (Fsp3) is 0.462. The van der Waals surface area contributed by atoms with Crippen molar-refractivity contribution in [1.29, 1.82) is 5.26 Å². The van der Waals surface area contributed by atoms with Crippen LogP contribution in [0.1, 0.15) is 31.2 Å². The van der Waals surface area contributed by atoms with E-state index in [2.05, 4.69) is 11.0 Å². The molecule has 3 nitrogen and oxygen atoms in total. The summed E-state index contributed by atoms with van der Waals surface area (Å²) in [6, 6.07) is 7.84. The molecule has 16 heavy (non-hydrogen) atoms. The van der Waals surface area contributed by atoms with Crippen LogP contribution < -0.4 is 10.6 Å². The van der Waals surface area contributed by atoms with Crippen molar-refractivity contribution >= 4 is 11.4 Å². The second-order valence-electron chi connectivity index (χ2n) is 4.29. The number of nitrogens with zero attached hydrogens (tertiary/aromatic N) is 2. The molecule has 1 aromatic rings. The number of benzene rings is 1. The highest BCUT2D eigenvalue weighted by Gasteiger charge is 2.13. The van der Waals surface area contributed by atoms with Crippen molar-refractivity contribution < 1.29 is 0 Å². The zero-order chi connectivity index (χ0) is 11.4. The van der Waals surface area contributed by atoms with Gasteiger partial charge in [-0.05, 0) is 31.0 Å². The molecule has 1 aromatic carbocycles. The van der Waals surface area contributed by atoms with Crippen molar-refractivity contribution in [3.63, 3.8) is 0 Å². The summed E-state index contributed by atoms with van der Waals surface area (Å²) in [6.07, 6.45) is 5.03. The maximum Gasteiger partial charge on any atom is 0.101 e. The minimum atomic E-state index is 0.662. The summed E-state index contributed by atoms with van der Waals surface area (Å²) in [5.74, 6) is 0. The SMILES string of the molecule is N#Cc1cc(N)ccc1N1CCCCCC1. The molecule has 0 spiro atoms. The van der Waals surface area contributed by atoms with Gasteiger partial charge in [-0.15, -0.1) is 0 Å². The van der Waals surface area contributed by atoms with Gasteiger partial charge in [0.1, 0.15) is 6.07 Å². The molecule has 0 amide bonds. The van der Waals surface area contributed by atoms with Crippen molar-refractivity contribution in [2.75, 3.05) is 23.7 Å². The van der Waals surface area contributed by atoms with Crippen LogP contribution in [-0.2, 0) is 0 Å². The van der Waals surface area contributed by atoms with Crippen molar-refractivity contribution in [3.05, 3.63) is 23.8 Å². The summed E-state index contributed by atoms with van der Waals surface area (Å²) < 4.78 is 0. The lowest BCUT2D eigenvalue weighted by Gasteiger charge is -2.23. The monoisotopic (exact) mass is 215 g/mol. The Balaban J connectivity index is 2.28. The van der Waals surface area contributed by atoms with Crippen LogP contribution in [0.25, 0.3) is 0 Å². The summed E-state index contributed by atoms with van der Waals surface area (Å²) in [4.78, 5) is 2.31. The highest BCUT2D eigenvalue weighted by atomic mass is 15.1. The summed E-state index contributed by atoms with van der Waals surface area (Å²) >= 11 is 0. The second-order valence-corrected chi connectivity index (χ2v) is 4.29. The Labute approximate surface area is 96.5 Å². The topological polar surface area (TPSA) is 53.1 Å². The highest BCUT2D eigenvalue weighted by molar-refractivity contribution is 5.64. The molecule has 0 saturated carbocycles. The molecule has 84 valence electrons. The molecule has 0 aliphatic carbocycles. The number of hydrogen-bond acceptors (Lipinski definition) is 3. The van der Waals surface area contributed by atoms with Gasteiger partial charge in [0.2, 0.25) is 0 Å². The Morgan fingerprint density at radius 1 is 1.12 bits per heavy atom. The van der Waals surface area contributed by atoms with Gasteiger partial charge in [-0.25, -0.2) is 0 Å². The van der Waals surface area contributed by atoms with E-state index in [0.717, 1.165) is 18.8 Å². The van der Waals surface area contributed by atoms with E-state index in [1.807, 2.05) is 12.1 Å². The molecule has 0 bridgehead atoms. The third-order valence-corrected chi connectivity index (χ3v) is 3.09. The van der Waals surface area contributed by atoms with Crippen LogP contribution in [0.5, 0.6) is 0 Å². The number of rotatable bonds is 1. The number of hydrogen-bond donors (Lipinski definition) is 1. The van der Waals surface area contributed by atoms with E-state index in [9.17, 15) is 0 Å². The van der Waals surface area contributed by atoms with E-state index in [0.29, 0.717) is 11.3 Å². The van der Waals surface area contributed by atoms with Crippen LogP contribution in [0.4, 0.5) is 11.4 Å². The lowest BCUT2D eigenvalue weighted by molar-refractivity contribution is 0.726. The van der Waals surface area contributed by atoms with Gasteiger partial charge >= 0.3 is 0 Å². The first-order chi connectivity index (χ1) is 7.81. The fourth-order valence-corrected chi connectivity index (χ4v) is 2.23. The van der Waals surface area contributed by atoms with Gasteiger partial charge in [0.15, 0.2) is 0 Å². The molecular weight excluding hydrogens is 198 g/mol. The van der Waals surface area contributed by atoms with Gasteiger partial charge in [0, 0.05) is 18.8 Å². The average Bonchev–Trinajstić information content (AvgIpc) is 2.57. The lowest BCUT2D eigenvalue weighted by atomic mass is 10.1. The van der Waals surface area contributed by atoms with Gasteiger partial charge in [-0.1, -0.05) is 12.8 Å². The molecule has 0 radical (unpaired) electrons. The normalized spacial score (nSPS) is 16.6. The molecular formula is C13H17N3. The molecule has 0 aromatic heterocycles. The van der Waals surface area contributed by atoms with Crippen molar-refractivity contribution in [1.82, 2.24) is 0 Å².